The lowest BCUT2D eigenvalue weighted by molar-refractivity contribution is -0.144. The van der Waals surface area contributed by atoms with E-state index in [2.05, 4.69) is 41.7 Å². The average molecular weight is 721 g/mol. The first-order chi connectivity index (χ1) is 23.4. The topological polar surface area (TPSA) is 174 Å². The van der Waals surface area contributed by atoms with Crippen LogP contribution in [-0.2, 0) is 29.2 Å². The highest BCUT2D eigenvalue weighted by atomic mass is 32.2. The van der Waals surface area contributed by atoms with Crippen LogP contribution in [0, 0.1) is 28.6 Å². The molecule has 6 atom stereocenters. The molecule has 0 spiro atoms. The summed E-state index contributed by atoms with van der Waals surface area (Å²) in [6.07, 6.45) is 8.09. The summed E-state index contributed by atoms with van der Waals surface area (Å²) in [4.78, 5) is 69.8. The molecule has 13 nitrogen and oxygen atoms in total. The van der Waals surface area contributed by atoms with Gasteiger partial charge in [0, 0.05) is 32.2 Å². The number of unbranched alkanes of at least 4 members (excludes halogenated alkanes) is 1. The molecule has 0 aromatic heterocycles. The minimum atomic E-state index is -3.38. The molecule has 2 heterocycles. The lowest BCUT2D eigenvalue weighted by atomic mass is 9.83. The Kier molecular flexibility index (Phi) is 12.8. The molecular weight excluding hydrogens is 660 g/mol. The first-order valence-electron chi connectivity index (χ1n) is 18.5. The van der Waals surface area contributed by atoms with E-state index in [4.69, 9.17) is 0 Å². The largest absolute Gasteiger partial charge is 0.346 e. The Hall–Kier alpha value is -3.00. The zero-order chi connectivity index (χ0) is 37.0. The maximum Gasteiger partial charge on any atom is 0.315 e. The molecule has 0 aromatic carbocycles. The van der Waals surface area contributed by atoms with Crippen molar-refractivity contribution in [3.8, 4) is 0 Å². The molecule has 4 aliphatic rings. The van der Waals surface area contributed by atoms with Gasteiger partial charge in [0.15, 0.2) is 0 Å². The summed E-state index contributed by atoms with van der Waals surface area (Å²) in [5.74, 6) is -2.40. The van der Waals surface area contributed by atoms with Crippen LogP contribution in [-0.4, -0.2) is 103 Å². The number of hydrogen-bond acceptors (Lipinski definition) is 7. The van der Waals surface area contributed by atoms with Crippen molar-refractivity contribution in [2.24, 2.45) is 28.6 Å². The van der Waals surface area contributed by atoms with E-state index in [0.29, 0.717) is 32.4 Å². The molecule has 50 heavy (non-hydrogen) atoms. The predicted octanol–water partition coefficient (Wildman–Crippen LogP) is 2.71. The molecule has 1 unspecified atom stereocenters. The number of fused-ring (bicyclic) bond motifs is 1. The molecular formula is C36H60N6O7S. The summed E-state index contributed by atoms with van der Waals surface area (Å²) in [5, 5.41) is 11.3. The summed E-state index contributed by atoms with van der Waals surface area (Å²) in [5.41, 5.74) is -0.664. The SMILES string of the molecule is C=CCNC(=O)C(=O)C(CCCC)NC(=O)[C@@H]1[C@@H]2[C@H](CN1C(=O)[C@@H](NC(=O)N[C@H](CN1CCCS1(=O)=O)C(C)(C)C)C1CCCCC1)C2(C)C. The van der Waals surface area contributed by atoms with E-state index in [1.807, 2.05) is 27.7 Å². The van der Waals surface area contributed by atoms with Crippen molar-refractivity contribution in [1.29, 1.82) is 0 Å². The van der Waals surface area contributed by atoms with E-state index >= 15 is 0 Å². The van der Waals surface area contributed by atoms with Gasteiger partial charge in [-0.2, -0.15) is 4.31 Å². The summed E-state index contributed by atoms with van der Waals surface area (Å²) in [6, 6.07) is -3.83. The van der Waals surface area contributed by atoms with Gasteiger partial charge in [-0.1, -0.05) is 79.7 Å². The van der Waals surface area contributed by atoms with Crippen molar-refractivity contribution in [3.63, 3.8) is 0 Å². The fraction of sp³-hybridized carbons (Fsp3) is 0.806. The van der Waals surface area contributed by atoms with Crippen molar-refractivity contribution < 1.29 is 32.4 Å². The third kappa shape index (κ3) is 9.07. The van der Waals surface area contributed by atoms with E-state index < -0.39 is 63.2 Å². The average Bonchev–Trinajstić information content (AvgIpc) is 3.34. The second-order valence-electron chi connectivity index (χ2n) is 16.4. The number of nitrogens with one attached hydrogen (secondary N) is 4. The molecule has 0 radical (unpaired) electrons. The van der Waals surface area contributed by atoms with Crippen LogP contribution in [0.15, 0.2) is 12.7 Å². The zero-order valence-corrected chi connectivity index (χ0v) is 31.7. The molecule has 2 saturated heterocycles. The van der Waals surface area contributed by atoms with Gasteiger partial charge in [-0.25, -0.2) is 13.2 Å². The maximum atomic E-state index is 14.6. The first kappa shape index (κ1) is 39.8. The van der Waals surface area contributed by atoms with E-state index in [9.17, 15) is 32.4 Å². The number of Topliss-reactive ketones (excluding diaryl/α,β-unsaturated/α-hetero) is 1. The highest BCUT2D eigenvalue weighted by Crippen LogP contribution is 2.65. The van der Waals surface area contributed by atoms with Gasteiger partial charge in [-0.15, -0.1) is 6.58 Å². The van der Waals surface area contributed by atoms with Crippen LogP contribution in [0.2, 0.25) is 0 Å². The second kappa shape index (κ2) is 16.1. The number of likely N-dealkylation sites (tertiary alicyclic amines) is 1. The quantitative estimate of drug-likeness (QED) is 0.149. The van der Waals surface area contributed by atoms with Crippen LogP contribution in [0.3, 0.4) is 0 Å². The van der Waals surface area contributed by atoms with Gasteiger partial charge in [0.1, 0.15) is 12.1 Å². The van der Waals surface area contributed by atoms with E-state index in [-0.39, 0.29) is 47.9 Å². The maximum absolute atomic E-state index is 14.6. The Morgan fingerprint density at radius 2 is 1.68 bits per heavy atom. The summed E-state index contributed by atoms with van der Waals surface area (Å²) < 4.78 is 26.6. The molecule has 4 fully saturated rings. The first-order valence-corrected chi connectivity index (χ1v) is 20.1. The minimum absolute atomic E-state index is 0.0800. The number of sulfonamides is 1. The monoisotopic (exact) mass is 720 g/mol. The van der Waals surface area contributed by atoms with Gasteiger partial charge in [-0.05, 0) is 54.3 Å². The van der Waals surface area contributed by atoms with Crippen LogP contribution in [0.1, 0.15) is 99.3 Å². The number of hydrogen-bond donors (Lipinski definition) is 4. The van der Waals surface area contributed by atoms with Gasteiger partial charge < -0.3 is 26.2 Å². The summed E-state index contributed by atoms with van der Waals surface area (Å²) in [7, 11) is -3.38. The highest BCUT2D eigenvalue weighted by Gasteiger charge is 2.69. The number of amides is 5. The molecule has 4 N–H and O–H groups in total. The molecule has 5 amide bonds. The predicted molar refractivity (Wildman–Crippen MR) is 191 cm³/mol. The number of nitrogens with zero attached hydrogens (tertiary/aromatic N) is 2. The number of piperidine rings is 1. The van der Waals surface area contributed by atoms with Crippen molar-refractivity contribution >= 4 is 39.6 Å². The summed E-state index contributed by atoms with van der Waals surface area (Å²) in [6.45, 7) is 16.5. The molecule has 0 aromatic rings. The Morgan fingerprint density at radius 1 is 1.00 bits per heavy atom. The second-order valence-corrected chi connectivity index (χ2v) is 18.5. The van der Waals surface area contributed by atoms with E-state index in [1.165, 1.54) is 10.4 Å². The number of rotatable bonds is 15. The third-order valence-corrected chi connectivity index (χ3v) is 13.4. The normalized spacial score (nSPS) is 26.2. The number of carbonyl (C=O) groups excluding carboxylic acids is 5. The van der Waals surface area contributed by atoms with Crippen LogP contribution < -0.4 is 21.3 Å². The van der Waals surface area contributed by atoms with Gasteiger partial charge in [0.05, 0.1) is 11.8 Å². The van der Waals surface area contributed by atoms with Gasteiger partial charge in [-0.3, -0.25) is 19.2 Å². The minimum Gasteiger partial charge on any atom is -0.346 e. The van der Waals surface area contributed by atoms with Crippen LogP contribution in [0.5, 0.6) is 0 Å². The molecule has 14 heteroatoms. The van der Waals surface area contributed by atoms with Crippen LogP contribution in [0.25, 0.3) is 0 Å². The Bertz CT molecular complexity index is 1400. The zero-order valence-electron chi connectivity index (χ0n) is 30.9. The Labute approximate surface area is 298 Å². The standard InChI is InChI=1S/C36H60N6O7S/c1-8-10-17-25(30(43)32(45)37-18-9-2)38-31(44)29-27-24(36(27,6)7)21-42(29)33(46)28(23-15-12-11-13-16-23)40-34(47)39-26(35(3,4)5)22-41-19-14-20-50(41,48)49/h9,23-29H,2,8,10-22H2,1,3-7H3,(H,37,45)(H,38,44)(H2,39,40,47)/t24-,25?,26+,27-,28-,29-/m0/s1. The molecule has 282 valence electrons. The Morgan fingerprint density at radius 3 is 2.26 bits per heavy atom. The third-order valence-electron chi connectivity index (χ3n) is 11.5. The number of urea groups is 1. The van der Waals surface area contributed by atoms with Gasteiger partial charge in [0.25, 0.3) is 5.91 Å². The van der Waals surface area contributed by atoms with Crippen LogP contribution >= 0.6 is 0 Å². The van der Waals surface area contributed by atoms with Crippen molar-refractivity contribution in [2.75, 3.05) is 31.9 Å². The van der Waals surface area contributed by atoms with Crippen LogP contribution in [0.4, 0.5) is 4.79 Å². The molecule has 2 saturated carbocycles. The van der Waals surface area contributed by atoms with E-state index in [1.54, 1.807) is 4.90 Å². The number of carbonyl (C=O) groups is 5. The van der Waals surface area contributed by atoms with Gasteiger partial charge in [0.2, 0.25) is 27.6 Å². The van der Waals surface area contributed by atoms with Crippen molar-refractivity contribution in [3.05, 3.63) is 12.7 Å². The fourth-order valence-electron chi connectivity index (χ4n) is 8.16. The Balaban J connectivity index is 1.55. The lowest BCUT2D eigenvalue weighted by Gasteiger charge is -2.38. The summed E-state index contributed by atoms with van der Waals surface area (Å²) >= 11 is 0. The molecule has 4 rings (SSSR count). The number of ketones is 1. The van der Waals surface area contributed by atoms with Crippen molar-refractivity contribution in [1.82, 2.24) is 30.5 Å². The molecule has 0 bridgehead atoms. The molecule has 2 aliphatic heterocycles. The fourth-order valence-corrected chi connectivity index (χ4v) is 9.70. The van der Waals surface area contributed by atoms with E-state index in [0.717, 1.165) is 38.5 Å². The lowest BCUT2D eigenvalue weighted by Crippen LogP contribution is -2.61. The van der Waals surface area contributed by atoms with Gasteiger partial charge >= 0.3 is 6.03 Å². The smallest absolute Gasteiger partial charge is 0.315 e. The molecule has 2 aliphatic carbocycles. The highest BCUT2D eigenvalue weighted by molar-refractivity contribution is 7.89. The van der Waals surface area contributed by atoms with Crippen molar-refractivity contribution in [2.45, 2.75) is 123 Å².